The summed E-state index contributed by atoms with van der Waals surface area (Å²) in [5.74, 6) is -0.362. The molecule has 0 atom stereocenters. The topological polar surface area (TPSA) is 75.3 Å². The van der Waals surface area contributed by atoms with Crippen LogP contribution in [0.2, 0.25) is 5.02 Å². The van der Waals surface area contributed by atoms with Crippen molar-refractivity contribution in [3.8, 4) is 0 Å². The van der Waals surface area contributed by atoms with Crippen LogP contribution in [0.5, 0.6) is 0 Å². The van der Waals surface area contributed by atoms with E-state index in [2.05, 4.69) is 22.2 Å². The van der Waals surface area contributed by atoms with Crippen molar-refractivity contribution in [2.24, 2.45) is 0 Å². The Morgan fingerprint density at radius 3 is 2.38 bits per heavy atom. The summed E-state index contributed by atoms with van der Waals surface area (Å²) in [6.07, 6.45) is 4.27. The monoisotopic (exact) mass is 434 g/mol. The Hall–Kier alpha value is -1.89. The fourth-order valence-corrected chi connectivity index (χ4v) is 5.46. The molecule has 1 fully saturated rings. The van der Waals surface area contributed by atoms with Crippen LogP contribution in [0.15, 0.2) is 53.4 Å². The highest BCUT2D eigenvalue weighted by Gasteiger charge is 2.36. The number of hydrogen-bond donors (Lipinski definition) is 2. The van der Waals surface area contributed by atoms with E-state index in [9.17, 15) is 13.2 Å². The van der Waals surface area contributed by atoms with Crippen molar-refractivity contribution in [1.29, 1.82) is 0 Å². The number of carbonyl (C=O) groups excluding carboxylic acids is 1. The first kappa shape index (κ1) is 21.8. The lowest BCUT2D eigenvalue weighted by Crippen LogP contribution is -2.39. The van der Waals surface area contributed by atoms with Crippen molar-refractivity contribution in [2.45, 2.75) is 55.9 Å². The van der Waals surface area contributed by atoms with Gasteiger partial charge in [-0.05, 0) is 50.5 Å². The van der Waals surface area contributed by atoms with E-state index in [4.69, 9.17) is 11.6 Å². The second-order valence-electron chi connectivity index (χ2n) is 7.95. The molecule has 1 saturated carbocycles. The summed E-state index contributed by atoms with van der Waals surface area (Å²) in [6, 6.07) is 14.2. The van der Waals surface area contributed by atoms with Gasteiger partial charge in [0.2, 0.25) is 10.0 Å². The summed E-state index contributed by atoms with van der Waals surface area (Å²) < 4.78 is 27.4. The Labute approximate surface area is 177 Å². The number of hydrogen-bond acceptors (Lipinski definition) is 3. The van der Waals surface area contributed by atoms with Crippen LogP contribution >= 0.6 is 11.6 Å². The van der Waals surface area contributed by atoms with E-state index in [0.717, 1.165) is 25.7 Å². The molecule has 5 nitrogen and oxygen atoms in total. The van der Waals surface area contributed by atoms with Crippen LogP contribution in [0.25, 0.3) is 0 Å². The first-order chi connectivity index (χ1) is 13.7. The number of carbonyl (C=O) groups is 1. The molecule has 0 spiro atoms. The molecule has 1 amide bonds. The number of amides is 1. The lowest BCUT2D eigenvalue weighted by Gasteiger charge is -2.30. The highest BCUT2D eigenvalue weighted by atomic mass is 35.5. The molecule has 0 bridgehead atoms. The Morgan fingerprint density at radius 2 is 1.76 bits per heavy atom. The molecular formula is C22H27ClN2O3S. The Kier molecular flexibility index (Phi) is 6.66. The summed E-state index contributed by atoms with van der Waals surface area (Å²) in [5, 5.41) is 3.23. The van der Waals surface area contributed by atoms with E-state index in [0.29, 0.717) is 6.54 Å². The fraction of sp³-hybridized carbons (Fsp3) is 0.409. The van der Waals surface area contributed by atoms with Crippen LogP contribution < -0.4 is 10.0 Å². The normalized spacial score (nSPS) is 16.1. The van der Waals surface area contributed by atoms with Gasteiger partial charge < -0.3 is 5.32 Å². The second-order valence-corrected chi connectivity index (χ2v) is 10.1. The third-order valence-electron chi connectivity index (χ3n) is 5.42. The third-order valence-corrected chi connectivity index (χ3v) is 7.40. The van der Waals surface area contributed by atoms with Gasteiger partial charge in [-0.3, -0.25) is 4.79 Å². The molecule has 1 aliphatic carbocycles. The molecule has 156 valence electrons. The Balaban J connectivity index is 1.81. The van der Waals surface area contributed by atoms with Crippen molar-refractivity contribution in [1.82, 2.24) is 10.0 Å². The number of halogens is 1. The molecule has 7 heteroatoms. The van der Waals surface area contributed by atoms with Gasteiger partial charge in [0, 0.05) is 18.0 Å². The molecule has 0 saturated heterocycles. The molecule has 0 aromatic heterocycles. The zero-order valence-electron chi connectivity index (χ0n) is 16.7. The molecule has 2 aromatic rings. The van der Waals surface area contributed by atoms with Crippen LogP contribution in [0, 0.1) is 0 Å². The molecular weight excluding hydrogens is 408 g/mol. The van der Waals surface area contributed by atoms with Gasteiger partial charge in [0.25, 0.3) is 5.91 Å². The zero-order valence-corrected chi connectivity index (χ0v) is 18.3. The molecule has 0 unspecified atom stereocenters. The lowest BCUT2D eigenvalue weighted by molar-refractivity contribution is 0.0943. The predicted molar refractivity (Wildman–Crippen MR) is 116 cm³/mol. The summed E-state index contributed by atoms with van der Waals surface area (Å²) >= 11 is 6.22. The first-order valence-electron chi connectivity index (χ1n) is 9.89. The van der Waals surface area contributed by atoms with E-state index >= 15 is 0 Å². The average Bonchev–Trinajstić information content (AvgIpc) is 3.16. The maximum Gasteiger partial charge on any atom is 0.252 e. The third kappa shape index (κ3) is 5.00. The van der Waals surface area contributed by atoms with E-state index in [1.165, 1.54) is 23.8 Å². The summed E-state index contributed by atoms with van der Waals surface area (Å²) in [5.41, 5.74) is 1.30. The minimum Gasteiger partial charge on any atom is -0.351 e. The van der Waals surface area contributed by atoms with Gasteiger partial charge in [-0.2, -0.15) is 0 Å². The minimum atomic E-state index is -3.71. The highest BCUT2D eigenvalue weighted by Crippen LogP contribution is 2.40. The summed E-state index contributed by atoms with van der Waals surface area (Å²) in [7, 11) is -3.71. The lowest BCUT2D eigenvalue weighted by atomic mass is 9.79. The van der Waals surface area contributed by atoms with E-state index < -0.39 is 10.0 Å². The van der Waals surface area contributed by atoms with Crippen LogP contribution in [-0.4, -0.2) is 26.9 Å². The fourth-order valence-electron chi connectivity index (χ4n) is 3.98. The quantitative estimate of drug-likeness (QED) is 0.683. The SMILES string of the molecule is CC(C)NS(=O)(=O)c1ccc(Cl)c(C(=O)NCC2(c3ccccc3)CCCC2)c1. The molecule has 1 aliphatic rings. The zero-order chi connectivity index (χ0) is 21.1. The van der Waals surface area contributed by atoms with Gasteiger partial charge in [-0.1, -0.05) is 54.8 Å². The molecule has 2 N–H and O–H groups in total. The molecule has 2 aromatic carbocycles. The maximum absolute atomic E-state index is 12.9. The molecule has 0 radical (unpaired) electrons. The van der Waals surface area contributed by atoms with Crippen molar-refractivity contribution >= 4 is 27.5 Å². The van der Waals surface area contributed by atoms with Gasteiger partial charge in [-0.25, -0.2) is 13.1 Å². The second kappa shape index (κ2) is 8.86. The summed E-state index contributed by atoms with van der Waals surface area (Å²) in [4.78, 5) is 12.9. The number of benzene rings is 2. The minimum absolute atomic E-state index is 0.0272. The van der Waals surface area contributed by atoms with Crippen LogP contribution in [0.4, 0.5) is 0 Å². The molecule has 0 aliphatic heterocycles. The van der Waals surface area contributed by atoms with Gasteiger partial charge in [-0.15, -0.1) is 0 Å². The van der Waals surface area contributed by atoms with Gasteiger partial charge in [0.1, 0.15) is 0 Å². The van der Waals surface area contributed by atoms with Gasteiger partial charge in [0.15, 0.2) is 0 Å². The number of rotatable bonds is 7. The standard InChI is InChI=1S/C22H27ClN2O3S/c1-16(2)25-29(27,28)18-10-11-20(23)19(14-18)21(26)24-15-22(12-6-7-13-22)17-8-4-3-5-9-17/h3-5,8-11,14,16,25H,6-7,12-13,15H2,1-2H3,(H,24,26). The predicted octanol–water partition coefficient (Wildman–Crippen LogP) is 4.27. The molecule has 29 heavy (non-hydrogen) atoms. The van der Waals surface area contributed by atoms with Crippen LogP contribution in [-0.2, 0) is 15.4 Å². The molecule has 0 heterocycles. The largest absolute Gasteiger partial charge is 0.351 e. The van der Waals surface area contributed by atoms with E-state index in [1.54, 1.807) is 13.8 Å². The number of nitrogens with one attached hydrogen (secondary N) is 2. The Bertz CT molecular complexity index is 969. The highest BCUT2D eigenvalue weighted by molar-refractivity contribution is 7.89. The average molecular weight is 435 g/mol. The van der Waals surface area contributed by atoms with Crippen LogP contribution in [0.1, 0.15) is 55.5 Å². The Morgan fingerprint density at radius 1 is 1.10 bits per heavy atom. The van der Waals surface area contributed by atoms with Crippen molar-refractivity contribution in [3.05, 3.63) is 64.7 Å². The van der Waals surface area contributed by atoms with E-state index in [1.807, 2.05) is 18.2 Å². The maximum atomic E-state index is 12.9. The van der Waals surface area contributed by atoms with E-state index in [-0.39, 0.29) is 32.8 Å². The van der Waals surface area contributed by atoms with Crippen molar-refractivity contribution in [2.75, 3.05) is 6.54 Å². The van der Waals surface area contributed by atoms with Crippen molar-refractivity contribution in [3.63, 3.8) is 0 Å². The summed E-state index contributed by atoms with van der Waals surface area (Å²) in [6.45, 7) is 3.98. The molecule has 3 rings (SSSR count). The van der Waals surface area contributed by atoms with Crippen LogP contribution in [0.3, 0.4) is 0 Å². The number of sulfonamides is 1. The van der Waals surface area contributed by atoms with Gasteiger partial charge >= 0.3 is 0 Å². The smallest absolute Gasteiger partial charge is 0.252 e. The first-order valence-corrected chi connectivity index (χ1v) is 11.8. The van der Waals surface area contributed by atoms with Crippen molar-refractivity contribution < 1.29 is 13.2 Å². The van der Waals surface area contributed by atoms with Gasteiger partial charge in [0.05, 0.1) is 15.5 Å².